The van der Waals surface area contributed by atoms with E-state index in [4.69, 9.17) is 0 Å². The first-order valence-electron chi connectivity index (χ1n) is 7.33. The monoisotopic (exact) mass is 295 g/mol. The summed E-state index contributed by atoms with van der Waals surface area (Å²) in [7, 11) is -3.39. The van der Waals surface area contributed by atoms with Crippen LogP contribution in [0.25, 0.3) is 0 Å². The second-order valence-corrected chi connectivity index (χ2v) is 8.62. The third-order valence-corrected chi connectivity index (χ3v) is 5.70. The summed E-state index contributed by atoms with van der Waals surface area (Å²) in [4.78, 5) is 0.365. The fourth-order valence-electron chi connectivity index (χ4n) is 2.72. The fourth-order valence-corrected chi connectivity index (χ4v) is 4.10. The molecule has 1 N–H and O–H groups in total. The lowest BCUT2D eigenvalue weighted by Crippen LogP contribution is -2.36. The minimum Gasteiger partial charge on any atom is -0.208 e. The zero-order valence-corrected chi connectivity index (χ0v) is 13.6. The molecule has 4 heteroatoms. The minimum absolute atomic E-state index is 0.0374. The second-order valence-electron chi connectivity index (χ2n) is 6.91. The molecule has 0 aromatic heterocycles. The molecule has 2 rings (SSSR count). The first-order valence-corrected chi connectivity index (χ1v) is 8.81. The highest BCUT2D eigenvalue weighted by atomic mass is 32.2. The Morgan fingerprint density at radius 3 is 2.15 bits per heavy atom. The molecule has 0 radical (unpaired) electrons. The average Bonchev–Trinajstić information content (AvgIpc) is 2.73. The van der Waals surface area contributed by atoms with Crippen LogP contribution in [0.4, 0.5) is 0 Å². The minimum atomic E-state index is -3.39. The Morgan fingerprint density at radius 2 is 1.70 bits per heavy atom. The van der Waals surface area contributed by atoms with Crippen LogP contribution in [0.2, 0.25) is 0 Å². The van der Waals surface area contributed by atoms with Gasteiger partial charge in [0.25, 0.3) is 0 Å². The average molecular weight is 295 g/mol. The number of nitrogens with one attached hydrogen (secondary N) is 1. The molecule has 0 heterocycles. The molecule has 0 saturated heterocycles. The van der Waals surface area contributed by atoms with Gasteiger partial charge in [-0.25, -0.2) is 13.1 Å². The molecule has 0 bridgehead atoms. The van der Waals surface area contributed by atoms with Gasteiger partial charge in [-0.1, -0.05) is 46.2 Å². The van der Waals surface area contributed by atoms with Crippen LogP contribution < -0.4 is 4.72 Å². The van der Waals surface area contributed by atoms with E-state index in [1.807, 2.05) is 12.1 Å². The topological polar surface area (TPSA) is 46.2 Å². The van der Waals surface area contributed by atoms with E-state index in [1.165, 1.54) is 0 Å². The van der Waals surface area contributed by atoms with Crippen LogP contribution in [0.3, 0.4) is 0 Å². The zero-order chi connectivity index (χ0) is 15.0. The summed E-state index contributed by atoms with van der Waals surface area (Å²) in [6.45, 7) is 8.47. The fraction of sp³-hybridized carbons (Fsp3) is 0.625. The highest BCUT2D eigenvalue weighted by molar-refractivity contribution is 7.89. The van der Waals surface area contributed by atoms with E-state index in [9.17, 15) is 8.42 Å². The number of sulfonamides is 1. The van der Waals surface area contributed by atoms with Gasteiger partial charge in [-0.05, 0) is 41.9 Å². The normalized spacial score (nSPS) is 24.0. The highest BCUT2D eigenvalue weighted by Gasteiger charge is 2.28. The smallest absolute Gasteiger partial charge is 0.208 e. The number of benzene rings is 1. The lowest BCUT2D eigenvalue weighted by Gasteiger charge is -2.20. The molecule has 1 aliphatic carbocycles. The Bertz CT molecular complexity index is 555. The summed E-state index contributed by atoms with van der Waals surface area (Å²) in [5.41, 5.74) is 1.18. The molecule has 1 aliphatic rings. The van der Waals surface area contributed by atoms with Crippen molar-refractivity contribution in [3.8, 4) is 0 Å². The number of hydrogen-bond donors (Lipinski definition) is 1. The Kier molecular flexibility index (Phi) is 4.26. The predicted octanol–water partition coefficient (Wildman–Crippen LogP) is 3.45. The highest BCUT2D eigenvalue weighted by Crippen LogP contribution is 2.27. The quantitative estimate of drug-likeness (QED) is 0.928. The summed E-state index contributed by atoms with van der Waals surface area (Å²) in [5, 5.41) is 0. The van der Waals surface area contributed by atoms with Crippen molar-refractivity contribution in [2.24, 2.45) is 5.92 Å². The second kappa shape index (κ2) is 5.49. The van der Waals surface area contributed by atoms with Crippen molar-refractivity contribution in [2.45, 2.75) is 63.3 Å². The Labute approximate surface area is 122 Å². The van der Waals surface area contributed by atoms with Crippen molar-refractivity contribution in [1.82, 2.24) is 4.72 Å². The molecule has 1 aromatic rings. The lowest BCUT2D eigenvalue weighted by atomic mass is 9.87. The molecule has 20 heavy (non-hydrogen) atoms. The van der Waals surface area contributed by atoms with Gasteiger partial charge in [0.05, 0.1) is 4.90 Å². The summed E-state index contributed by atoms with van der Waals surface area (Å²) in [5.74, 6) is 0.429. The lowest BCUT2D eigenvalue weighted by molar-refractivity contribution is 0.476. The summed E-state index contributed by atoms with van der Waals surface area (Å²) in [6.07, 6.45) is 3.16. The summed E-state index contributed by atoms with van der Waals surface area (Å²) < 4.78 is 27.6. The maximum Gasteiger partial charge on any atom is 0.240 e. The molecular weight excluding hydrogens is 270 g/mol. The van der Waals surface area contributed by atoms with E-state index in [2.05, 4.69) is 32.4 Å². The molecule has 0 unspecified atom stereocenters. The van der Waals surface area contributed by atoms with Crippen LogP contribution in [-0.2, 0) is 15.4 Å². The number of hydrogen-bond acceptors (Lipinski definition) is 2. The van der Waals surface area contributed by atoms with E-state index in [-0.39, 0.29) is 11.5 Å². The molecule has 1 saturated carbocycles. The summed E-state index contributed by atoms with van der Waals surface area (Å²) >= 11 is 0. The third kappa shape index (κ3) is 3.41. The third-order valence-electron chi connectivity index (χ3n) is 4.20. The van der Waals surface area contributed by atoms with Crippen LogP contribution in [0, 0.1) is 5.92 Å². The first kappa shape index (κ1) is 15.5. The first-order chi connectivity index (χ1) is 9.20. The van der Waals surface area contributed by atoms with Gasteiger partial charge >= 0.3 is 0 Å². The summed E-state index contributed by atoms with van der Waals surface area (Å²) in [6, 6.07) is 7.33. The van der Waals surface area contributed by atoms with Gasteiger partial charge in [0.15, 0.2) is 0 Å². The largest absolute Gasteiger partial charge is 0.240 e. The van der Waals surface area contributed by atoms with Gasteiger partial charge < -0.3 is 0 Å². The van der Waals surface area contributed by atoms with Crippen molar-refractivity contribution in [3.05, 3.63) is 29.8 Å². The van der Waals surface area contributed by atoms with Crippen LogP contribution in [0.1, 0.15) is 52.5 Å². The van der Waals surface area contributed by atoms with Crippen LogP contribution in [0.15, 0.2) is 29.2 Å². The predicted molar refractivity (Wildman–Crippen MR) is 82.3 cm³/mol. The molecule has 2 atom stereocenters. The Hall–Kier alpha value is -0.870. The van der Waals surface area contributed by atoms with E-state index >= 15 is 0 Å². The molecule has 0 spiro atoms. The van der Waals surface area contributed by atoms with Crippen molar-refractivity contribution < 1.29 is 8.42 Å². The molecule has 0 amide bonds. The van der Waals surface area contributed by atoms with Crippen LogP contribution in [0.5, 0.6) is 0 Å². The van der Waals surface area contributed by atoms with Crippen LogP contribution >= 0.6 is 0 Å². The molecular formula is C16H25NO2S. The SMILES string of the molecule is C[C@@H]1CCC[C@H]1NS(=O)(=O)c1ccc(C(C)(C)C)cc1. The molecule has 0 aliphatic heterocycles. The molecule has 1 fully saturated rings. The van der Waals surface area contributed by atoms with Gasteiger partial charge in [0.2, 0.25) is 10.0 Å². The van der Waals surface area contributed by atoms with Crippen molar-refractivity contribution in [1.29, 1.82) is 0 Å². The van der Waals surface area contributed by atoms with Crippen LogP contribution in [-0.4, -0.2) is 14.5 Å². The molecule has 1 aromatic carbocycles. The maximum atomic E-state index is 12.4. The van der Waals surface area contributed by atoms with E-state index in [0.717, 1.165) is 24.8 Å². The Balaban J connectivity index is 2.17. The van der Waals surface area contributed by atoms with Crippen molar-refractivity contribution in [2.75, 3.05) is 0 Å². The van der Waals surface area contributed by atoms with Crippen molar-refractivity contribution in [3.63, 3.8) is 0 Å². The van der Waals surface area contributed by atoms with Gasteiger partial charge in [-0.15, -0.1) is 0 Å². The van der Waals surface area contributed by atoms with Gasteiger partial charge in [-0.2, -0.15) is 0 Å². The molecule has 3 nitrogen and oxygen atoms in total. The maximum absolute atomic E-state index is 12.4. The molecule has 112 valence electrons. The van der Waals surface area contributed by atoms with Crippen molar-refractivity contribution >= 4 is 10.0 Å². The standard InChI is InChI=1S/C16H25NO2S/c1-12-6-5-7-15(12)17-20(18,19)14-10-8-13(9-11-14)16(2,3)4/h8-12,15,17H,5-7H2,1-4H3/t12-,15-/m1/s1. The number of rotatable bonds is 3. The van der Waals surface area contributed by atoms with E-state index in [0.29, 0.717) is 10.8 Å². The van der Waals surface area contributed by atoms with Gasteiger partial charge in [0, 0.05) is 6.04 Å². The van der Waals surface area contributed by atoms with E-state index in [1.54, 1.807) is 12.1 Å². The van der Waals surface area contributed by atoms with E-state index < -0.39 is 10.0 Å². The van der Waals surface area contributed by atoms with Gasteiger partial charge in [-0.3, -0.25) is 0 Å². The van der Waals surface area contributed by atoms with Gasteiger partial charge in [0.1, 0.15) is 0 Å². The zero-order valence-electron chi connectivity index (χ0n) is 12.8. The Morgan fingerprint density at radius 1 is 1.10 bits per heavy atom.